The first-order chi connectivity index (χ1) is 10.6. The average Bonchev–Trinajstić information content (AvgIpc) is 2.53. The molecule has 1 amide bonds. The molecule has 2 aromatic carbocycles. The maximum Gasteiger partial charge on any atom is 0.285 e. The van der Waals surface area contributed by atoms with Crippen LogP contribution in [-0.4, -0.2) is 24.0 Å². The number of hydrogen-bond acceptors (Lipinski definition) is 4. The number of anilines is 1. The molecule has 6 nitrogen and oxygen atoms in total. The van der Waals surface area contributed by atoms with Crippen molar-refractivity contribution in [2.75, 3.05) is 18.1 Å². The lowest BCUT2D eigenvalue weighted by Gasteiger charge is -2.29. The molecule has 0 radical (unpaired) electrons. The van der Waals surface area contributed by atoms with Crippen molar-refractivity contribution >= 4 is 17.3 Å². The van der Waals surface area contributed by atoms with Crippen LogP contribution in [0.3, 0.4) is 0 Å². The highest BCUT2D eigenvalue weighted by Crippen LogP contribution is 2.33. The van der Waals surface area contributed by atoms with E-state index in [-0.39, 0.29) is 17.2 Å². The van der Waals surface area contributed by atoms with Gasteiger partial charge in [0, 0.05) is 5.56 Å². The number of rotatable bonds is 2. The summed E-state index contributed by atoms with van der Waals surface area (Å²) in [5.74, 6) is 0.226. The number of ether oxygens (including phenoxy) is 1. The zero-order valence-electron chi connectivity index (χ0n) is 12.0. The van der Waals surface area contributed by atoms with Crippen LogP contribution in [-0.2, 0) is 0 Å². The highest BCUT2D eigenvalue weighted by Gasteiger charge is 2.30. The highest BCUT2D eigenvalue weighted by molar-refractivity contribution is 6.09. The van der Waals surface area contributed by atoms with Gasteiger partial charge >= 0.3 is 0 Å². The summed E-state index contributed by atoms with van der Waals surface area (Å²) in [7, 11) is 0. The molecule has 0 aromatic heterocycles. The molecule has 1 aliphatic rings. The number of nitrogens with zero attached hydrogens (tertiary/aromatic N) is 2. The van der Waals surface area contributed by atoms with Gasteiger partial charge in [-0.25, -0.2) is 0 Å². The summed E-state index contributed by atoms with van der Waals surface area (Å²) < 4.78 is 5.51. The number of amides is 1. The van der Waals surface area contributed by atoms with Gasteiger partial charge in [0.15, 0.2) is 0 Å². The van der Waals surface area contributed by atoms with E-state index in [0.717, 1.165) is 0 Å². The molecule has 6 heteroatoms. The van der Waals surface area contributed by atoms with Crippen molar-refractivity contribution in [3.8, 4) is 5.75 Å². The first-order valence-corrected chi connectivity index (χ1v) is 6.87. The van der Waals surface area contributed by atoms with Crippen molar-refractivity contribution < 1.29 is 14.5 Å². The Bertz CT molecular complexity index is 758. The van der Waals surface area contributed by atoms with Crippen LogP contribution >= 0.6 is 0 Å². The van der Waals surface area contributed by atoms with E-state index >= 15 is 0 Å². The van der Waals surface area contributed by atoms with Gasteiger partial charge in [-0.05, 0) is 25.1 Å². The number of benzene rings is 2. The fraction of sp³-hybridized carbons (Fsp3) is 0.188. The van der Waals surface area contributed by atoms with Crippen molar-refractivity contribution in [3.05, 3.63) is 63.7 Å². The van der Waals surface area contributed by atoms with E-state index < -0.39 is 4.92 Å². The van der Waals surface area contributed by atoms with Crippen molar-refractivity contribution in [1.29, 1.82) is 0 Å². The first-order valence-electron chi connectivity index (χ1n) is 6.87. The zero-order chi connectivity index (χ0) is 15.7. The SMILES string of the molecule is Cc1cccc(C(=O)N2CCOc3ccccc32)c1[N+](=O)[O-]. The van der Waals surface area contributed by atoms with Crippen LogP contribution in [0.4, 0.5) is 11.4 Å². The molecule has 0 saturated carbocycles. The molecule has 1 heterocycles. The molecule has 3 rings (SSSR count). The molecule has 0 bridgehead atoms. The molecule has 0 atom stereocenters. The van der Waals surface area contributed by atoms with Gasteiger partial charge in [0.25, 0.3) is 11.6 Å². The molecule has 0 aliphatic carbocycles. The fourth-order valence-corrected chi connectivity index (χ4v) is 2.60. The van der Waals surface area contributed by atoms with Crippen LogP contribution in [0.5, 0.6) is 5.75 Å². The van der Waals surface area contributed by atoms with E-state index in [2.05, 4.69) is 0 Å². The Morgan fingerprint density at radius 3 is 2.77 bits per heavy atom. The van der Waals surface area contributed by atoms with E-state index in [0.29, 0.717) is 30.2 Å². The maximum atomic E-state index is 12.8. The smallest absolute Gasteiger partial charge is 0.285 e. The summed E-state index contributed by atoms with van der Waals surface area (Å²) >= 11 is 0. The summed E-state index contributed by atoms with van der Waals surface area (Å²) in [6.07, 6.45) is 0. The Labute approximate surface area is 127 Å². The van der Waals surface area contributed by atoms with Crippen LogP contribution in [0, 0.1) is 17.0 Å². The van der Waals surface area contributed by atoms with Crippen molar-refractivity contribution in [1.82, 2.24) is 0 Å². The largest absolute Gasteiger partial charge is 0.490 e. The third-order valence-corrected chi connectivity index (χ3v) is 3.62. The molecular weight excluding hydrogens is 284 g/mol. The number of carbonyl (C=O) groups is 1. The number of fused-ring (bicyclic) bond motifs is 1. The topological polar surface area (TPSA) is 72.7 Å². The Hall–Kier alpha value is -2.89. The Kier molecular flexibility index (Phi) is 3.50. The standard InChI is InChI=1S/C16H14N2O4/c1-11-5-4-6-12(15(11)18(20)21)16(19)17-9-10-22-14-8-3-2-7-13(14)17/h2-8H,9-10H2,1H3. The Balaban J connectivity index is 2.07. The second kappa shape index (κ2) is 5.48. The lowest BCUT2D eigenvalue weighted by Crippen LogP contribution is -2.38. The Morgan fingerprint density at radius 2 is 2.00 bits per heavy atom. The van der Waals surface area contributed by atoms with E-state index in [9.17, 15) is 14.9 Å². The van der Waals surface area contributed by atoms with E-state index in [1.54, 1.807) is 37.3 Å². The molecule has 0 fully saturated rings. The maximum absolute atomic E-state index is 12.8. The third kappa shape index (κ3) is 2.28. The van der Waals surface area contributed by atoms with Crippen LogP contribution < -0.4 is 9.64 Å². The lowest BCUT2D eigenvalue weighted by molar-refractivity contribution is -0.385. The van der Waals surface area contributed by atoms with Crippen LogP contribution in [0.1, 0.15) is 15.9 Å². The minimum atomic E-state index is -0.505. The molecule has 1 aliphatic heterocycles. The molecular formula is C16H14N2O4. The lowest BCUT2D eigenvalue weighted by atomic mass is 10.1. The Morgan fingerprint density at radius 1 is 1.23 bits per heavy atom. The van der Waals surface area contributed by atoms with Crippen LogP contribution in [0.15, 0.2) is 42.5 Å². The summed E-state index contributed by atoms with van der Waals surface area (Å²) in [4.78, 5) is 25.1. The minimum Gasteiger partial charge on any atom is -0.490 e. The van der Waals surface area contributed by atoms with E-state index in [1.807, 2.05) is 6.07 Å². The summed E-state index contributed by atoms with van der Waals surface area (Å²) in [5, 5.41) is 11.3. The number of hydrogen-bond donors (Lipinski definition) is 0. The van der Waals surface area contributed by atoms with Gasteiger partial charge in [-0.1, -0.05) is 24.3 Å². The van der Waals surface area contributed by atoms with Gasteiger partial charge in [-0.3, -0.25) is 14.9 Å². The number of nitro groups is 1. The molecule has 0 spiro atoms. The van der Waals surface area contributed by atoms with Crippen LogP contribution in [0.25, 0.3) is 0 Å². The molecule has 0 saturated heterocycles. The highest BCUT2D eigenvalue weighted by atomic mass is 16.6. The molecule has 0 N–H and O–H groups in total. The summed E-state index contributed by atoms with van der Waals surface area (Å²) in [5.41, 5.74) is 1.06. The van der Waals surface area contributed by atoms with Gasteiger partial charge in [0.2, 0.25) is 0 Å². The number of nitro benzene ring substituents is 1. The molecule has 112 valence electrons. The van der Waals surface area contributed by atoms with Gasteiger partial charge < -0.3 is 9.64 Å². The number of aryl methyl sites for hydroxylation is 1. The van der Waals surface area contributed by atoms with Gasteiger partial charge in [0.05, 0.1) is 17.2 Å². The second-order valence-electron chi connectivity index (χ2n) is 5.00. The van der Waals surface area contributed by atoms with Gasteiger partial charge in [0.1, 0.15) is 17.9 Å². The van der Waals surface area contributed by atoms with E-state index in [1.165, 1.54) is 11.0 Å². The fourth-order valence-electron chi connectivity index (χ4n) is 2.60. The van der Waals surface area contributed by atoms with Crippen molar-refractivity contribution in [2.45, 2.75) is 6.92 Å². The van der Waals surface area contributed by atoms with Crippen molar-refractivity contribution in [3.63, 3.8) is 0 Å². The molecule has 2 aromatic rings. The second-order valence-corrected chi connectivity index (χ2v) is 5.00. The minimum absolute atomic E-state index is 0.0988. The molecule has 22 heavy (non-hydrogen) atoms. The predicted molar refractivity (Wildman–Crippen MR) is 81.4 cm³/mol. The summed E-state index contributed by atoms with van der Waals surface area (Å²) in [6, 6.07) is 11.9. The van der Waals surface area contributed by atoms with E-state index in [4.69, 9.17) is 4.74 Å². The van der Waals surface area contributed by atoms with Crippen LogP contribution in [0.2, 0.25) is 0 Å². The third-order valence-electron chi connectivity index (χ3n) is 3.62. The quantitative estimate of drug-likeness (QED) is 0.631. The number of para-hydroxylation sites is 3. The first kappa shape index (κ1) is 14.1. The zero-order valence-corrected chi connectivity index (χ0v) is 12.0. The summed E-state index contributed by atoms with van der Waals surface area (Å²) in [6.45, 7) is 2.35. The normalized spacial score (nSPS) is 13.2. The molecule has 0 unspecified atom stereocenters. The van der Waals surface area contributed by atoms with Gasteiger partial charge in [-0.2, -0.15) is 0 Å². The van der Waals surface area contributed by atoms with Gasteiger partial charge in [-0.15, -0.1) is 0 Å². The number of carbonyl (C=O) groups excluding carboxylic acids is 1. The average molecular weight is 298 g/mol. The predicted octanol–water partition coefficient (Wildman–Crippen LogP) is 2.94. The van der Waals surface area contributed by atoms with Crippen molar-refractivity contribution in [2.24, 2.45) is 0 Å². The monoisotopic (exact) mass is 298 g/mol.